The molecule has 5 aromatic rings. The number of phosphoric acid groups is 1. The van der Waals surface area contributed by atoms with Crippen LogP contribution in [0.1, 0.15) is 41.5 Å². The minimum atomic E-state index is -4.81. The largest absolute Gasteiger partial charge is 0.524 e. The lowest BCUT2D eigenvalue weighted by atomic mass is 10.0. The first-order valence-corrected chi connectivity index (χ1v) is 21.3. The SMILES string of the molecule is NCCCC[C@H](NC(=O)C(Cc1ccccc1)NC(=O)[C@H](Cc1ccccc1)NC(=O)Cc1ccc2ccccc2c1)C(=O)NC(Cc1ccc(OP(=O)(O)O)cc1)C(=O)O. The summed E-state index contributed by atoms with van der Waals surface area (Å²) in [7, 11) is -4.81. The molecule has 16 heteroatoms. The van der Waals surface area contributed by atoms with Gasteiger partial charge >= 0.3 is 13.8 Å². The predicted molar refractivity (Wildman–Crippen MR) is 229 cm³/mol. The molecule has 0 spiro atoms. The van der Waals surface area contributed by atoms with Gasteiger partial charge in [0.15, 0.2) is 0 Å². The number of carboxylic acid groups (broad SMARTS) is 1. The average Bonchev–Trinajstić information content (AvgIpc) is 3.23. The molecule has 5 rings (SSSR count). The summed E-state index contributed by atoms with van der Waals surface area (Å²) in [6.07, 6.45) is 0.964. The predicted octanol–water partition coefficient (Wildman–Crippen LogP) is 3.73. The molecule has 0 heterocycles. The van der Waals surface area contributed by atoms with E-state index < -0.39 is 61.6 Å². The van der Waals surface area contributed by atoms with E-state index in [1.165, 1.54) is 24.3 Å². The van der Waals surface area contributed by atoms with Gasteiger partial charge in [-0.3, -0.25) is 29.0 Å². The monoisotopic (exact) mass is 851 g/mol. The lowest BCUT2D eigenvalue weighted by Gasteiger charge is -2.26. The van der Waals surface area contributed by atoms with Gasteiger partial charge in [-0.05, 0) is 71.0 Å². The van der Waals surface area contributed by atoms with Crippen LogP contribution in [-0.2, 0) is 54.2 Å². The first kappa shape index (κ1) is 45.7. The van der Waals surface area contributed by atoms with Crippen molar-refractivity contribution in [2.24, 2.45) is 5.73 Å². The fraction of sp³-hybridized carbons (Fsp3) is 0.267. The molecular weight excluding hydrogens is 801 g/mol. The second-order valence-electron chi connectivity index (χ2n) is 14.6. The first-order valence-electron chi connectivity index (χ1n) is 19.8. The maximum absolute atomic E-state index is 14.2. The number of nitrogens with one attached hydrogen (secondary N) is 4. The van der Waals surface area contributed by atoms with Crippen LogP contribution in [0.2, 0.25) is 0 Å². The molecule has 0 aliphatic carbocycles. The molecule has 2 unspecified atom stereocenters. The number of carbonyl (C=O) groups excluding carboxylic acids is 4. The van der Waals surface area contributed by atoms with Crippen LogP contribution in [0.4, 0.5) is 0 Å². The van der Waals surface area contributed by atoms with Crippen molar-refractivity contribution in [2.45, 2.75) is 69.1 Å². The second kappa shape index (κ2) is 22.3. The Balaban J connectivity index is 1.34. The smallest absolute Gasteiger partial charge is 0.480 e. The van der Waals surface area contributed by atoms with Crippen molar-refractivity contribution < 1.29 is 48.0 Å². The summed E-state index contributed by atoms with van der Waals surface area (Å²) in [5.41, 5.74) is 8.36. The quantitative estimate of drug-likeness (QED) is 0.0368. The van der Waals surface area contributed by atoms with Crippen LogP contribution in [0.5, 0.6) is 5.75 Å². The number of unbranched alkanes of at least 4 members (excludes halogenated alkanes) is 1. The molecule has 0 aliphatic rings. The number of fused-ring (bicyclic) bond motifs is 1. The molecule has 9 N–H and O–H groups in total. The number of rotatable bonds is 22. The first-order chi connectivity index (χ1) is 29.3. The van der Waals surface area contributed by atoms with Gasteiger partial charge in [0.05, 0.1) is 6.42 Å². The van der Waals surface area contributed by atoms with Gasteiger partial charge in [-0.25, -0.2) is 9.36 Å². The topological polar surface area (TPSA) is 246 Å². The molecule has 4 atom stereocenters. The number of amides is 4. The van der Waals surface area contributed by atoms with Crippen LogP contribution < -0.4 is 31.5 Å². The van der Waals surface area contributed by atoms with Crippen molar-refractivity contribution in [3.8, 4) is 5.75 Å². The summed E-state index contributed by atoms with van der Waals surface area (Å²) in [5, 5.41) is 23.0. The molecule has 61 heavy (non-hydrogen) atoms. The zero-order valence-corrected chi connectivity index (χ0v) is 34.2. The van der Waals surface area contributed by atoms with Gasteiger partial charge in [0.1, 0.15) is 29.9 Å². The number of aliphatic carboxylic acids is 1. The van der Waals surface area contributed by atoms with Crippen molar-refractivity contribution in [1.29, 1.82) is 0 Å². The van der Waals surface area contributed by atoms with E-state index >= 15 is 0 Å². The number of hydrogen-bond donors (Lipinski definition) is 8. The van der Waals surface area contributed by atoms with Crippen LogP contribution in [0.15, 0.2) is 127 Å². The van der Waals surface area contributed by atoms with E-state index in [4.69, 9.17) is 15.5 Å². The molecule has 0 aliphatic heterocycles. The highest BCUT2D eigenvalue weighted by molar-refractivity contribution is 7.46. The summed E-state index contributed by atoms with van der Waals surface area (Å²) in [5.74, 6) is -4.02. The van der Waals surface area contributed by atoms with E-state index in [2.05, 4.69) is 25.8 Å². The van der Waals surface area contributed by atoms with Crippen molar-refractivity contribution in [1.82, 2.24) is 21.3 Å². The molecule has 320 valence electrons. The number of hydrogen-bond acceptors (Lipinski definition) is 8. The Kier molecular flexibility index (Phi) is 16.7. The third kappa shape index (κ3) is 15.0. The average molecular weight is 852 g/mol. The van der Waals surface area contributed by atoms with Crippen molar-refractivity contribution in [2.75, 3.05) is 6.54 Å². The third-order valence-corrected chi connectivity index (χ3v) is 10.3. The van der Waals surface area contributed by atoms with Gasteiger partial charge in [0.2, 0.25) is 23.6 Å². The molecule has 0 saturated carbocycles. The maximum Gasteiger partial charge on any atom is 0.524 e. The minimum Gasteiger partial charge on any atom is -0.480 e. The fourth-order valence-corrected chi connectivity index (χ4v) is 7.13. The summed E-state index contributed by atoms with van der Waals surface area (Å²) in [6, 6.07) is 31.9. The van der Waals surface area contributed by atoms with Gasteiger partial charge in [-0.1, -0.05) is 115 Å². The van der Waals surface area contributed by atoms with E-state index in [1.54, 1.807) is 30.3 Å². The molecule has 0 bridgehead atoms. The summed E-state index contributed by atoms with van der Waals surface area (Å²) in [4.78, 5) is 86.2. The van der Waals surface area contributed by atoms with Crippen LogP contribution >= 0.6 is 7.82 Å². The lowest BCUT2D eigenvalue weighted by Crippen LogP contribution is -2.58. The normalized spacial score (nSPS) is 13.2. The Hall–Kier alpha value is -6.38. The second-order valence-corrected chi connectivity index (χ2v) is 15.8. The van der Waals surface area contributed by atoms with Gasteiger partial charge < -0.3 is 36.6 Å². The van der Waals surface area contributed by atoms with E-state index in [1.807, 2.05) is 72.8 Å². The van der Waals surface area contributed by atoms with Crippen LogP contribution in [0.3, 0.4) is 0 Å². The van der Waals surface area contributed by atoms with Gasteiger partial charge in [-0.15, -0.1) is 0 Å². The van der Waals surface area contributed by atoms with Crippen LogP contribution in [0, 0.1) is 0 Å². The number of carboxylic acids is 1. The summed E-state index contributed by atoms with van der Waals surface area (Å²) in [6.45, 7) is 0.309. The highest BCUT2D eigenvalue weighted by Crippen LogP contribution is 2.37. The van der Waals surface area contributed by atoms with Crippen LogP contribution in [0.25, 0.3) is 10.8 Å². The molecule has 0 radical (unpaired) electrons. The fourth-order valence-electron chi connectivity index (χ4n) is 6.74. The third-order valence-electron chi connectivity index (χ3n) is 9.81. The van der Waals surface area contributed by atoms with Gasteiger partial charge in [0.25, 0.3) is 0 Å². The zero-order valence-electron chi connectivity index (χ0n) is 33.3. The zero-order chi connectivity index (χ0) is 43.8. The molecule has 4 amide bonds. The molecule has 0 fully saturated rings. The standard InChI is InChI=1S/C45H50N5O10P/c46-24-10-9-17-37(42(52)50-40(45(55)56)28-32-19-22-36(23-20-32)60-61(57,58)59)48-44(54)39(27-31-13-5-2-6-14-31)49-43(53)38(26-30-11-3-1-4-12-30)47-41(51)29-33-18-21-34-15-7-8-16-35(34)25-33/h1-8,11-16,18-23,25,37-40H,9-10,17,24,26-29,46H2,(H,47,51)(H,48,54)(H,49,53)(H,50,52)(H,55,56)(H2,57,58,59)/t37-,38-,39?,40?/m0/s1. The minimum absolute atomic E-state index is 0.00456. The van der Waals surface area contributed by atoms with Crippen molar-refractivity contribution >= 4 is 48.2 Å². The summed E-state index contributed by atoms with van der Waals surface area (Å²) >= 11 is 0. The number of nitrogens with two attached hydrogens (primary N) is 1. The Morgan fingerprint density at radius 2 is 1.03 bits per heavy atom. The van der Waals surface area contributed by atoms with E-state index in [0.717, 1.165) is 21.9 Å². The molecule has 0 aromatic heterocycles. The Labute approximate surface area is 353 Å². The maximum atomic E-state index is 14.2. The Bertz CT molecular complexity index is 2310. The Morgan fingerprint density at radius 1 is 0.557 bits per heavy atom. The molecular formula is C45H50N5O10P. The van der Waals surface area contributed by atoms with Crippen molar-refractivity contribution in [3.05, 3.63) is 150 Å². The number of phosphoric ester groups is 1. The lowest BCUT2D eigenvalue weighted by molar-refractivity contribution is -0.142. The highest BCUT2D eigenvalue weighted by atomic mass is 31.2. The highest BCUT2D eigenvalue weighted by Gasteiger charge is 2.32. The van der Waals surface area contributed by atoms with Gasteiger partial charge in [0, 0.05) is 19.3 Å². The molecule has 5 aromatic carbocycles. The van der Waals surface area contributed by atoms with Crippen LogP contribution in [-0.4, -0.2) is 75.2 Å². The van der Waals surface area contributed by atoms with E-state index in [9.17, 15) is 33.6 Å². The van der Waals surface area contributed by atoms with Gasteiger partial charge in [-0.2, -0.15) is 0 Å². The van der Waals surface area contributed by atoms with E-state index in [0.29, 0.717) is 30.5 Å². The molecule has 0 saturated heterocycles. The molecule has 15 nitrogen and oxygen atoms in total. The van der Waals surface area contributed by atoms with E-state index in [-0.39, 0.29) is 37.9 Å². The Morgan fingerprint density at radius 3 is 1.61 bits per heavy atom. The number of benzene rings is 5. The van der Waals surface area contributed by atoms with Crippen molar-refractivity contribution in [3.63, 3.8) is 0 Å². The summed E-state index contributed by atoms with van der Waals surface area (Å²) < 4.78 is 15.7. The number of carbonyl (C=O) groups is 5.